The first kappa shape index (κ1) is 13.5. The zero-order valence-electron chi connectivity index (χ0n) is 9.64. The van der Waals surface area contributed by atoms with Gasteiger partial charge in [0.25, 0.3) is 0 Å². The molecule has 18 heavy (non-hydrogen) atoms. The van der Waals surface area contributed by atoms with E-state index >= 15 is 0 Å². The molecule has 0 aliphatic rings. The highest BCUT2D eigenvalue weighted by Crippen LogP contribution is 2.07. The van der Waals surface area contributed by atoms with Crippen LogP contribution >= 0.6 is 0 Å². The molecular formula is C12H13N3O3. The molecule has 1 rings (SSSR count). The van der Waals surface area contributed by atoms with Crippen LogP contribution in [0.25, 0.3) is 0 Å². The summed E-state index contributed by atoms with van der Waals surface area (Å²) in [5.74, 6) is 1.37. The standard InChI is InChI=1S/C12H13N3O3/c1-2-3-4-5-14-12(18)15-10-6-9(11(16)17)7-13-8-10/h1,6-8H,3-5H2,(H,16,17)(H2,14,15,18). The number of carbonyl (C=O) groups excluding carboxylic acids is 1. The molecule has 94 valence electrons. The number of carboxylic acid groups (broad SMARTS) is 1. The number of amides is 2. The van der Waals surface area contributed by atoms with Crippen molar-refractivity contribution in [2.45, 2.75) is 12.8 Å². The fourth-order valence-corrected chi connectivity index (χ4v) is 1.19. The molecule has 6 heteroatoms. The van der Waals surface area contributed by atoms with Crippen LogP contribution in [0.4, 0.5) is 10.5 Å². The molecule has 6 nitrogen and oxygen atoms in total. The minimum absolute atomic E-state index is 0.0140. The monoisotopic (exact) mass is 247 g/mol. The van der Waals surface area contributed by atoms with Crippen LogP contribution in [0, 0.1) is 12.3 Å². The molecule has 0 saturated heterocycles. The van der Waals surface area contributed by atoms with Gasteiger partial charge in [-0.3, -0.25) is 4.98 Å². The van der Waals surface area contributed by atoms with Crippen LogP contribution in [0.1, 0.15) is 23.2 Å². The van der Waals surface area contributed by atoms with Crippen LogP contribution < -0.4 is 10.6 Å². The first-order chi connectivity index (χ1) is 8.63. The van der Waals surface area contributed by atoms with E-state index in [1.807, 2.05) is 0 Å². The third kappa shape index (κ3) is 4.53. The number of rotatable bonds is 5. The minimum atomic E-state index is -1.10. The Morgan fingerprint density at radius 2 is 2.22 bits per heavy atom. The van der Waals surface area contributed by atoms with Crippen LogP contribution in [0.3, 0.4) is 0 Å². The van der Waals surface area contributed by atoms with E-state index in [1.165, 1.54) is 18.5 Å². The third-order valence-corrected chi connectivity index (χ3v) is 2.03. The lowest BCUT2D eigenvalue weighted by molar-refractivity contribution is 0.0696. The van der Waals surface area contributed by atoms with Crippen molar-refractivity contribution in [3.05, 3.63) is 24.0 Å². The zero-order valence-corrected chi connectivity index (χ0v) is 9.64. The molecule has 0 unspecified atom stereocenters. The van der Waals surface area contributed by atoms with E-state index in [9.17, 15) is 9.59 Å². The van der Waals surface area contributed by atoms with Gasteiger partial charge in [-0.2, -0.15) is 0 Å². The lowest BCUT2D eigenvalue weighted by atomic mass is 10.2. The zero-order chi connectivity index (χ0) is 13.4. The van der Waals surface area contributed by atoms with Crippen molar-refractivity contribution in [3.63, 3.8) is 0 Å². The molecular weight excluding hydrogens is 234 g/mol. The van der Waals surface area contributed by atoms with E-state index in [4.69, 9.17) is 11.5 Å². The van der Waals surface area contributed by atoms with E-state index < -0.39 is 12.0 Å². The van der Waals surface area contributed by atoms with Gasteiger partial charge >= 0.3 is 12.0 Å². The highest BCUT2D eigenvalue weighted by molar-refractivity contribution is 5.92. The number of hydrogen-bond acceptors (Lipinski definition) is 3. The summed E-state index contributed by atoms with van der Waals surface area (Å²) in [4.78, 5) is 25.8. The maximum absolute atomic E-state index is 11.4. The van der Waals surface area contributed by atoms with E-state index in [-0.39, 0.29) is 5.56 Å². The molecule has 1 aromatic heterocycles. The first-order valence-corrected chi connectivity index (χ1v) is 5.30. The fraction of sp³-hybridized carbons (Fsp3) is 0.250. The minimum Gasteiger partial charge on any atom is -0.478 e. The molecule has 1 aromatic rings. The lowest BCUT2D eigenvalue weighted by Crippen LogP contribution is -2.29. The maximum atomic E-state index is 11.4. The summed E-state index contributed by atoms with van der Waals surface area (Å²) in [6.45, 7) is 0.460. The Balaban J connectivity index is 2.47. The van der Waals surface area contributed by atoms with Crippen molar-refractivity contribution in [2.75, 3.05) is 11.9 Å². The Bertz CT molecular complexity index is 480. The average molecular weight is 247 g/mol. The van der Waals surface area contributed by atoms with Crippen molar-refractivity contribution in [2.24, 2.45) is 0 Å². The second-order valence-electron chi connectivity index (χ2n) is 3.46. The first-order valence-electron chi connectivity index (χ1n) is 5.30. The van der Waals surface area contributed by atoms with Crippen LogP contribution in [-0.4, -0.2) is 28.6 Å². The van der Waals surface area contributed by atoms with Gasteiger partial charge in [-0.05, 0) is 12.5 Å². The lowest BCUT2D eigenvalue weighted by Gasteiger charge is -2.06. The summed E-state index contributed by atoms with van der Waals surface area (Å²) < 4.78 is 0. The molecule has 0 radical (unpaired) electrons. The quantitative estimate of drug-likeness (QED) is 0.540. The van der Waals surface area contributed by atoms with Crippen LogP contribution in [0.5, 0.6) is 0 Å². The molecule has 3 N–H and O–H groups in total. The van der Waals surface area contributed by atoms with Crippen LogP contribution in [-0.2, 0) is 0 Å². The molecule has 0 spiro atoms. The third-order valence-electron chi connectivity index (χ3n) is 2.03. The second-order valence-corrected chi connectivity index (χ2v) is 3.46. The molecule has 0 saturated carbocycles. The Morgan fingerprint density at radius 3 is 2.89 bits per heavy atom. The van der Waals surface area contributed by atoms with Gasteiger partial charge in [0.1, 0.15) is 0 Å². The van der Waals surface area contributed by atoms with Crippen LogP contribution in [0.15, 0.2) is 18.5 Å². The van der Waals surface area contributed by atoms with Gasteiger partial charge in [-0.15, -0.1) is 12.3 Å². The topological polar surface area (TPSA) is 91.3 Å². The van der Waals surface area contributed by atoms with Crippen molar-refractivity contribution in [1.82, 2.24) is 10.3 Å². The molecule has 0 aliphatic carbocycles. The van der Waals surface area contributed by atoms with Crippen LogP contribution in [0.2, 0.25) is 0 Å². The van der Waals surface area contributed by atoms with Gasteiger partial charge in [0, 0.05) is 19.2 Å². The highest BCUT2D eigenvalue weighted by Gasteiger charge is 2.06. The Morgan fingerprint density at radius 1 is 1.44 bits per heavy atom. The molecule has 0 aliphatic heterocycles. The van der Waals surface area contributed by atoms with Gasteiger partial charge < -0.3 is 15.7 Å². The largest absolute Gasteiger partial charge is 0.478 e. The summed E-state index contributed by atoms with van der Waals surface area (Å²) in [6.07, 6.45) is 8.93. The Labute approximate surface area is 104 Å². The highest BCUT2D eigenvalue weighted by atomic mass is 16.4. The molecule has 0 bridgehead atoms. The molecule has 1 heterocycles. The number of anilines is 1. The Hall–Kier alpha value is -2.55. The number of carbonyl (C=O) groups is 2. The van der Waals surface area contributed by atoms with Gasteiger partial charge in [0.05, 0.1) is 17.4 Å². The number of terminal acetylenes is 1. The number of nitrogens with zero attached hydrogens (tertiary/aromatic N) is 1. The number of nitrogens with one attached hydrogen (secondary N) is 2. The van der Waals surface area contributed by atoms with Gasteiger partial charge in [0.15, 0.2) is 0 Å². The summed E-state index contributed by atoms with van der Waals surface area (Å²) in [5.41, 5.74) is 0.337. The number of aromatic nitrogens is 1. The number of urea groups is 1. The maximum Gasteiger partial charge on any atom is 0.337 e. The SMILES string of the molecule is C#CCCCNC(=O)Nc1cncc(C(=O)O)c1. The number of pyridine rings is 1. The van der Waals surface area contributed by atoms with Crippen molar-refractivity contribution >= 4 is 17.7 Å². The van der Waals surface area contributed by atoms with E-state index in [2.05, 4.69) is 21.5 Å². The summed E-state index contributed by atoms with van der Waals surface area (Å²) in [6, 6.07) is 0.910. The summed E-state index contributed by atoms with van der Waals surface area (Å²) >= 11 is 0. The van der Waals surface area contributed by atoms with Gasteiger partial charge in [-0.25, -0.2) is 9.59 Å². The predicted molar refractivity (Wildman–Crippen MR) is 66.3 cm³/mol. The van der Waals surface area contributed by atoms with Crippen molar-refractivity contribution in [1.29, 1.82) is 0 Å². The van der Waals surface area contributed by atoms with E-state index in [1.54, 1.807) is 0 Å². The average Bonchev–Trinajstić information content (AvgIpc) is 2.35. The molecule has 0 atom stereocenters. The second kappa shape index (κ2) is 6.91. The predicted octanol–water partition coefficient (Wildman–Crippen LogP) is 1.31. The normalized spacial score (nSPS) is 9.28. The molecule has 2 amide bonds. The molecule has 0 aromatic carbocycles. The van der Waals surface area contributed by atoms with Gasteiger partial charge in [-0.1, -0.05) is 0 Å². The van der Waals surface area contributed by atoms with Gasteiger partial charge in [0.2, 0.25) is 0 Å². The number of aromatic carboxylic acids is 1. The van der Waals surface area contributed by atoms with E-state index in [0.29, 0.717) is 25.1 Å². The smallest absolute Gasteiger partial charge is 0.337 e. The van der Waals surface area contributed by atoms with Crippen molar-refractivity contribution < 1.29 is 14.7 Å². The number of hydrogen-bond donors (Lipinski definition) is 3. The number of unbranched alkanes of at least 4 members (excludes halogenated alkanes) is 1. The Kier molecular flexibility index (Phi) is 5.19. The van der Waals surface area contributed by atoms with Crippen molar-refractivity contribution in [3.8, 4) is 12.3 Å². The number of carboxylic acids is 1. The van der Waals surface area contributed by atoms with E-state index in [0.717, 1.165) is 0 Å². The molecule has 0 fully saturated rings. The summed E-state index contributed by atoms with van der Waals surface area (Å²) in [7, 11) is 0. The fourth-order valence-electron chi connectivity index (χ4n) is 1.19. The summed E-state index contributed by atoms with van der Waals surface area (Å²) in [5, 5.41) is 13.8.